The zero-order valence-electron chi connectivity index (χ0n) is 23.9. The fourth-order valence-corrected chi connectivity index (χ4v) is 6.04. The summed E-state index contributed by atoms with van der Waals surface area (Å²) in [6.45, 7) is 4.50. The summed E-state index contributed by atoms with van der Waals surface area (Å²) >= 11 is 6.46. The van der Waals surface area contributed by atoms with Gasteiger partial charge < -0.3 is 28.8 Å². The molecule has 8 nitrogen and oxygen atoms in total. The second-order valence-corrected chi connectivity index (χ2v) is 11.6. The third kappa shape index (κ3) is 5.29. The largest absolute Gasteiger partial charge is 0.497 e. The Labute approximate surface area is 253 Å². The van der Waals surface area contributed by atoms with Gasteiger partial charge in [-0.15, -0.1) is 0 Å². The van der Waals surface area contributed by atoms with E-state index in [1.165, 1.54) is 6.07 Å². The third-order valence-electron chi connectivity index (χ3n) is 7.85. The minimum Gasteiger partial charge on any atom is -0.497 e. The van der Waals surface area contributed by atoms with Crippen molar-refractivity contribution in [2.75, 3.05) is 19.0 Å². The predicted molar refractivity (Wildman–Crippen MR) is 163 cm³/mol. The third-order valence-corrected chi connectivity index (χ3v) is 8.14. The van der Waals surface area contributed by atoms with Crippen LogP contribution in [0, 0.1) is 5.82 Å². The van der Waals surface area contributed by atoms with Gasteiger partial charge in [0.05, 0.1) is 23.7 Å². The van der Waals surface area contributed by atoms with Gasteiger partial charge in [0.25, 0.3) is 0 Å². The lowest BCUT2D eigenvalue weighted by molar-refractivity contribution is -0.148. The molecule has 0 spiro atoms. The summed E-state index contributed by atoms with van der Waals surface area (Å²) in [7, 11) is 1.63. The summed E-state index contributed by atoms with van der Waals surface area (Å²) in [6.07, 6.45) is 5.35. The van der Waals surface area contributed by atoms with E-state index in [-0.39, 0.29) is 24.9 Å². The van der Waals surface area contributed by atoms with Crippen LogP contribution in [-0.4, -0.2) is 46.2 Å². The normalized spacial score (nSPS) is 20.8. The van der Waals surface area contributed by atoms with Crippen LogP contribution < -0.4 is 14.8 Å². The molecule has 0 saturated carbocycles. The predicted octanol–water partition coefficient (Wildman–Crippen LogP) is 7.08. The first-order valence-corrected chi connectivity index (χ1v) is 14.4. The van der Waals surface area contributed by atoms with Gasteiger partial charge in [-0.25, -0.2) is 14.4 Å². The molecular formula is C33H30ClFN4O4. The average molecular weight is 601 g/mol. The Bertz CT molecular complexity index is 1860. The molecule has 1 saturated heterocycles. The van der Waals surface area contributed by atoms with Crippen LogP contribution >= 0.6 is 11.6 Å². The van der Waals surface area contributed by atoms with E-state index < -0.39 is 11.6 Å². The van der Waals surface area contributed by atoms with E-state index in [2.05, 4.69) is 25.9 Å². The second kappa shape index (κ2) is 10.8. The second-order valence-electron chi connectivity index (χ2n) is 11.2. The first-order valence-electron chi connectivity index (χ1n) is 14.1. The fourth-order valence-electron chi connectivity index (χ4n) is 5.82. The summed E-state index contributed by atoms with van der Waals surface area (Å²) in [4.78, 5) is 9.20. The van der Waals surface area contributed by atoms with Crippen LogP contribution in [0.15, 0.2) is 84.7 Å². The van der Waals surface area contributed by atoms with Crippen molar-refractivity contribution >= 4 is 39.4 Å². The maximum Gasteiger partial charge on any atom is 0.164 e. The van der Waals surface area contributed by atoms with E-state index in [4.69, 9.17) is 30.5 Å². The van der Waals surface area contributed by atoms with E-state index in [0.29, 0.717) is 34.0 Å². The van der Waals surface area contributed by atoms with Crippen molar-refractivity contribution < 1.29 is 23.3 Å². The van der Waals surface area contributed by atoms with Crippen molar-refractivity contribution in [3.8, 4) is 11.5 Å². The number of aromatic nitrogens is 3. The lowest BCUT2D eigenvalue weighted by Crippen LogP contribution is -2.28. The van der Waals surface area contributed by atoms with Gasteiger partial charge in [0.15, 0.2) is 5.79 Å². The molecule has 7 rings (SSSR count). The zero-order chi connectivity index (χ0) is 29.7. The van der Waals surface area contributed by atoms with Gasteiger partial charge in [0.2, 0.25) is 0 Å². The van der Waals surface area contributed by atoms with Gasteiger partial charge >= 0.3 is 0 Å². The molecule has 0 bridgehead atoms. The Kier molecular flexibility index (Phi) is 6.96. The minimum absolute atomic E-state index is 0.130. The number of benzene rings is 2. The van der Waals surface area contributed by atoms with Gasteiger partial charge in [-0.3, -0.25) is 0 Å². The molecule has 0 amide bonds. The SMILES string of the molecule is COc1ccc(CNc2nc3cc(OCC4=C[C@@H](n5ccc6cccnc65)[C@@H]5OC(C)(C)O[C@H]45)cc(F)c3cc2Cl)cc1. The Hall–Kier alpha value is -4.18. The van der Waals surface area contributed by atoms with Gasteiger partial charge in [-0.1, -0.05) is 29.8 Å². The molecule has 4 heterocycles. The Morgan fingerprint density at radius 3 is 2.72 bits per heavy atom. The number of fused-ring (bicyclic) bond motifs is 3. The molecule has 10 heteroatoms. The van der Waals surface area contributed by atoms with Crippen LogP contribution in [-0.2, 0) is 16.0 Å². The molecule has 3 atom stereocenters. The van der Waals surface area contributed by atoms with Crippen LogP contribution in [0.5, 0.6) is 11.5 Å². The highest BCUT2D eigenvalue weighted by atomic mass is 35.5. The average Bonchev–Trinajstić information content (AvgIpc) is 3.66. The minimum atomic E-state index is -0.753. The molecule has 43 heavy (non-hydrogen) atoms. The summed E-state index contributed by atoms with van der Waals surface area (Å²) in [6, 6.07) is 18.2. The highest BCUT2D eigenvalue weighted by molar-refractivity contribution is 6.33. The number of hydrogen-bond acceptors (Lipinski definition) is 7. The summed E-state index contributed by atoms with van der Waals surface area (Å²) < 4.78 is 41.3. The summed E-state index contributed by atoms with van der Waals surface area (Å²) in [5.74, 6) is 0.368. The van der Waals surface area contributed by atoms with Crippen molar-refractivity contribution in [1.82, 2.24) is 14.5 Å². The molecule has 1 fully saturated rings. The summed E-state index contributed by atoms with van der Waals surface area (Å²) in [5.41, 5.74) is 3.24. The molecule has 2 aromatic carbocycles. The molecule has 5 aromatic rings. The molecule has 0 radical (unpaired) electrons. The van der Waals surface area contributed by atoms with Crippen molar-refractivity contribution in [3.63, 3.8) is 0 Å². The fraction of sp³-hybridized carbons (Fsp3) is 0.273. The molecule has 220 valence electrons. The van der Waals surface area contributed by atoms with E-state index in [1.54, 1.807) is 25.4 Å². The van der Waals surface area contributed by atoms with Crippen molar-refractivity contribution in [2.24, 2.45) is 0 Å². The number of nitrogens with one attached hydrogen (secondary N) is 1. The van der Waals surface area contributed by atoms with Crippen LogP contribution in [0.1, 0.15) is 25.5 Å². The van der Waals surface area contributed by atoms with Crippen molar-refractivity contribution in [3.05, 3.63) is 101 Å². The Morgan fingerprint density at radius 2 is 1.91 bits per heavy atom. The van der Waals surface area contributed by atoms with Gasteiger partial charge in [-0.2, -0.15) is 0 Å². The van der Waals surface area contributed by atoms with E-state index in [0.717, 1.165) is 27.9 Å². The number of hydrogen-bond donors (Lipinski definition) is 1. The standard InChI is InChI=1S/C33H30ClFN4O4/c1-33(2)42-29-21(13-28(30(29)43-33)39-12-10-20-5-4-11-36-32(20)39)18-41-23-14-26(35)24-16-25(34)31(38-27(24)15-23)37-17-19-6-8-22(40-3)9-7-19/h4-16,28-30H,17-18H2,1-3H3,(H,37,38)/t28-,29-,30+/m1/s1. The molecule has 1 N–H and O–H groups in total. The number of anilines is 1. The van der Waals surface area contributed by atoms with Gasteiger partial charge in [0.1, 0.15) is 47.6 Å². The van der Waals surface area contributed by atoms with Crippen LogP contribution in [0.3, 0.4) is 0 Å². The molecule has 1 aliphatic carbocycles. The van der Waals surface area contributed by atoms with Crippen molar-refractivity contribution in [2.45, 2.75) is 44.4 Å². The first-order chi connectivity index (χ1) is 20.8. The molecule has 2 aliphatic rings. The monoisotopic (exact) mass is 600 g/mol. The Balaban J connectivity index is 1.13. The van der Waals surface area contributed by atoms with Crippen molar-refractivity contribution in [1.29, 1.82) is 0 Å². The smallest absolute Gasteiger partial charge is 0.164 e. The highest BCUT2D eigenvalue weighted by Crippen LogP contribution is 2.44. The maximum absolute atomic E-state index is 15.2. The van der Waals surface area contributed by atoms with Crippen LogP contribution in [0.2, 0.25) is 5.02 Å². The lowest BCUT2D eigenvalue weighted by Gasteiger charge is -2.22. The molecule has 3 aromatic heterocycles. The Morgan fingerprint density at radius 1 is 1.07 bits per heavy atom. The highest BCUT2D eigenvalue weighted by Gasteiger charge is 2.50. The first kappa shape index (κ1) is 27.6. The number of nitrogens with zero attached hydrogens (tertiary/aromatic N) is 3. The molecule has 1 aliphatic heterocycles. The molecular weight excluding hydrogens is 571 g/mol. The van der Waals surface area contributed by atoms with Gasteiger partial charge in [-0.05, 0) is 61.4 Å². The number of methoxy groups -OCH3 is 1. The summed E-state index contributed by atoms with van der Waals surface area (Å²) in [5, 5.41) is 4.93. The zero-order valence-corrected chi connectivity index (χ0v) is 24.6. The van der Waals surface area contributed by atoms with Crippen LogP contribution in [0.25, 0.3) is 21.9 Å². The van der Waals surface area contributed by atoms with E-state index in [1.807, 2.05) is 62.5 Å². The number of halogens is 2. The van der Waals surface area contributed by atoms with Crippen LogP contribution in [0.4, 0.5) is 10.2 Å². The number of rotatable bonds is 8. The lowest BCUT2D eigenvalue weighted by atomic mass is 10.1. The quantitative estimate of drug-likeness (QED) is 0.191. The number of pyridine rings is 2. The molecule has 0 unspecified atom stereocenters. The van der Waals surface area contributed by atoms with E-state index >= 15 is 4.39 Å². The topological polar surface area (TPSA) is 79.7 Å². The maximum atomic E-state index is 15.2. The van der Waals surface area contributed by atoms with E-state index in [9.17, 15) is 0 Å². The van der Waals surface area contributed by atoms with Gasteiger partial charge in [0, 0.05) is 41.8 Å². The number of ether oxygens (including phenoxy) is 4.